The molecule has 0 bridgehead atoms. The van der Waals surface area contributed by atoms with Crippen LogP contribution in [-0.4, -0.2) is 92.7 Å². The lowest BCUT2D eigenvalue weighted by Crippen LogP contribution is -2.56. The van der Waals surface area contributed by atoms with Gasteiger partial charge in [-0.1, -0.05) is 43.4 Å². The van der Waals surface area contributed by atoms with Crippen molar-refractivity contribution in [3.63, 3.8) is 0 Å². The average Bonchev–Trinajstić information content (AvgIpc) is 3.38. The third-order valence-corrected chi connectivity index (χ3v) is 11.0. The normalized spacial score (nSPS) is 24.9. The highest BCUT2D eigenvalue weighted by Gasteiger charge is 2.62. The van der Waals surface area contributed by atoms with E-state index in [-0.39, 0.29) is 24.8 Å². The second-order valence-electron chi connectivity index (χ2n) is 15.3. The lowest BCUT2D eigenvalue weighted by atomic mass is 10.0. The standard InChI is InChI=1S/C38H48N6O9S/c1-21(45)40-35-39-19-31(54-35)28-17-30(25-14-13-23(51-5)15-27(25)41-28)52-24-16-29-32(46)43-38(34(48)49)18-22(38)11-9-7-6-8-10-12-26(33(47)44(29)20-24)42-36(50)53-37(2,3)4/h13-15,17,19,22,24,26,29H,6-12,16,18,20H2,1-5H3,(H,42,50)(H,43,46)(H,48,49)(H,39,40,45)/t22?,24-,26?,29?,38?/m1/s1. The molecule has 0 spiro atoms. The van der Waals surface area contributed by atoms with Gasteiger partial charge in [-0.3, -0.25) is 14.4 Å². The Morgan fingerprint density at radius 2 is 1.81 bits per heavy atom. The molecular weight excluding hydrogens is 717 g/mol. The first kappa shape index (κ1) is 38.7. The molecule has 4 amide bonds. The fourth-order valence-corrected chi connectivity index (χ4v) is 8.13. The van der Waals surface area contributed by atoms with Crippen LogP contribution in [0.15, 0.2) is 30.5 Å². The maximum atomic E-state index is 14.5. The molecule has 2 aromatic heterocycles. The van der Waals surface area contributed by atoms with Crippen molar-refractivity contribution in [3.05, 3.63) is 30.5 Å². The molecule has 3 aliphatic rings. The maximum Gasteiger partial charge on any atom is 0.408 e. The van der Waals surface area contributed by atoms with Crippen LogP contribution >= 0.6 is 11.3 Å². The van der Waals surface area contributed by atoms with Crippen LogP contribution in [0.25, 0.3) is 21.5 Å². The van der Waals surface area contributed by atoms with Crippen molar-refractivity contribution < 1.29 is 43.3 Å². The number of hydrogen-bond acceptors (Lipinski definition) is 11. The monoisotopic (exact) mass is 764 g/mol. The molecule has 2 aliphatic heterocycles. The lowest BCUT2D eigenvalue weighted by molar-refractivity contribution is -0.146. The minimum Gasteiger partial charge on any atom is -0.497 e. The van der Waals surface area contributed by atoms with Gasteiger partial charge in [-0.25, -0.2) is 19.6 Å². The summed E-state index contributed by atoms with van der Waals surface area (Å²) < 4.78 is 17.6. The van der Waals surface area contributed by atoms with Crippen molar-refractivity contribution in [1.29, 1.82) is 0 Å². The van der Waals surface area contributed by atoms with E-state index in [0.29, 0.717) is 63.8 Å². The number of carboxylic acid groups (broad SMARTS) is 1. The predicted octanol–water partition coefficient (Wildman–Crippen LogP) is 5.27. The molecule has 290 valence electrons. The zero-order valence-electron chi connectivity index (χ0n) is 31.2. The van der Waals surface area contributed by atoms with E-state index in [1.165, 1.54) is 23.2 Å². The summed E-state index contributed by atoms with van der Waals surface area (Å²) in [6.07, 6.45) is 5.72. The van der Waals surface area contributed by atoms with E-state index in [1.54, 1.807) is 52.3 Å². The number of aromatic nitrogens is 2. The van der Waals surface area contributed by atoms with E-state index >= 15 is 0 Å². The fraction of sp³-hybridized carbons (Fsp3) is 0.553. The molecule has 6 rings (SSSR count). The topological polar surface area (TPSA) is 198 Å². The lowest BCUT2D eigenvalue weighted by Gasteiger charge is -2.30. The zero-order chi connectivity index (χ0) is 38.8. The van der Waals surface area contributed by atoms with Gasteiger partial charge in [0.2, 0.25) is 17.7 Å². The van der Waals surface area contributed by atoms with Gasteiger partial charge in [0, 0.05) is 37.1 Å². The van der Waals surface area contributed by atoms with Crippen LogP contribution in [0.3, 0.4) is 0 Å². The van der Waals surface area contributed by atoms with E-state index in [2.05, 4.69) is 20.9 Å². The number of carbonyl (C=O) groups excluding carboxylic acids is 4. The van der Waals surface area contributed by atoms with Gasteiger partial charge < -0.3 is 40.2 Å². The smallest absolute Gasteiger partial charge is 0.408 e. The molecule has 54 heavy (non-hydrogen) atoms. The Morgan fingerprint density at radius 3 is 2.52 bits per heavy atom. The minimum atomic E-state index is -1.39. The summed E-state index contributed by atoms with van der Waals surface area (Å²) in [6, 6.07) is 5.05. The maximum absolute atomic E-state index is 14.5. The van der Waals surface area contributed by atoms with Crippen molar-refractivity contribution in [2.75, 3.05) is 19.0 Å². The molecule has 0 radical (unpaired) electrons. The average molecular weight is 765 g/mol. The van der Waals surface area contributed by atoms with Gasteiger partial charge in [0.15, 0.2) is 5.13 Å². The number of aliphatic carboxylic acids is 1. The number of alkyl carbamates (subject to hydrolysis) is 1. The Morgan fingerprint density at radius 1 is 1.07 bits per heavy atom. The van der Waals surface area contributed by atoms with Crippen LogP contribution in [0.4, 0.5) is 9.93 Å². The van der Waals surface area contributed by atoms with Gasteiger partial charge in [-0.05, 0) is 58.1 Å². The quantitative estimate of drug-likeness (QED) is 0.245. The zero-order valence-corrected chi connectivity index (χ0v) is 32.0. The molecule has 4 N–H and O–H groups in total. The van der Waals surface area contributed by atoms with E-state index in [0.717, 1.165) is 25.7 Å². The van der Waals surface area contributed by atoms with Crippen molar-refractivity contribution in [3.8, 4) is 22.1 Å². The number of thiazole rings is 1. The second kappa shape index (κ2) is 15.8. The summed E-state index contributed by atoms with van der Waals surface area (Å²) in [5.41, 5.74) is -1.11. The first-order chi connectivity index (χ1) is 25.7. The molecule has 2 saturated heterocycles. The van der Waals surface area contributed by atoms with Gasteiger partial charge in [0.05, 0.1) is 29.7 Å². The van der Waals surface area contributed by atoms with Crippen LogP contribution in [0.5, 0.6) is 11.5 Å². The number of benzene rings is 1. The summed E-state index contributed by atoms with van der Waals surface area (Å²) in [4.78, 5) is 77.0. The Kier molecular flexibility index (Phi) is 11.3. The Bertz CT molecular complexity index is 1930. The number of ether oxygens (including phenoxy) is 3. The molecule has 3 aromatic rings. The van der Waals surface area contributed by atoms with Crippen LogP contribution in [0, 0.1) is 5.92 Å². The second-order valence-corrected chi connectivity index (χ2v) is 16.3. The van der Waals surface area contributed by atoms with Gasteiger partial charge in [-0.15, -0.1) is 0 Å². The third-order valence-electron chi connectivity index (χ3n) is 10.0. The number of amides is 4. The summed E-state index contributed by atoms with van der Waals surface area (Å²) >= 11 is 1.24. The Balaban J connectivity index is 1.34. The molecule has 5 atom stereocenters. The predicted molar refractivity (Wildman–Crippen MR) is 200 cm³/mol. The van der Waals surface area contributed by atoms with E-state index in [9.17, 15) is 29.1 Å². The SMILES string of the molecule is COc1ccc2c(O[C@@H]3CC4C(=O)NC5(C(=O)O)CC5CCCCCCCC(NC(=O)OC(C)(C)C)C(=O)N4C3)cc(-c3cnc(NC(C)=O)s3)nc2c1. The van der Waals surface area contributed by atoms with Crippen LogP contribution in [0.1, 0.15) is 85.5 Å². The molecule has 3 fully saturated rings. The van der Waals surface area contributed by atoms with Crippen molar-refractivity contribution >= 4 is 57.2 Å². The molecule has 15 nitrogen and oxygen atoms in total. The van der Waals surface area contributed by atoms with Gasteiger partial charge in [0.1, 0.15) is 40.8 Å². The highest BCUT2D eigenvalue weighted by atomic mass is 32.1. The van der Waals surface area contributed by atoms with Crippen LogP contribution in [-0.2, 0) is 23.9 Å². The number of pyridine rings is 1. The number of carbonyl (C=O) groups is 5. The van der Waals surface area contributed by atoms with Gasteiger partial charge in [-0.2, -0.15) is 0 Å². The third kappa shape index (κ3) is 8.86. The minimum absolute atomic E-state index is 0.00450. The first-order valence-corrected chi connectivity index (χ1v) is 19.2. The molecule has 4 heterocycles. The summed E-state index contributed by atoms with van der Waals surface area (Å²) in [5.74, 6) is -1.59. The number of nitrogens with one attached hydrogen (secondary N) is 3. The van der Waals surface area contributed by atoms with E-state index < -0.39 is 53.2 Å². The highest BCUT2D eigenvalue weighted by Crippen LogP contribution is 2.48. The number of carboxylic acids is 1. The number of methoxy groups -OCH3 is 1. The molecule has 1 saturated carbocycles. The number of fused-ring (bicyclic) bond motifs is 3. The number of rotatable bonds is 7. The largest absolute Gasteiger partial charge is 0.497 e. The molecule has 1 aromatic carbocycles. The molecule has 16 heteroatoms. The Hall–Kier alpha value is -4.99. The number of anilines is 1. The fourth-order valence-electron chi connectivity index (χ4n) is 7.31. The molecule has 1 aliphatic carbocycles. The number of nitrogens with zero attached hydrogens (tertiary/aromatic N) is 3. The van der Waals surface area contributed by atoms with Crippen molar-refractivity contribution in [1.82, 2.24) is 25.5 Å². The summed E-state index contributed by atoms with van der Waals surface area (Å²) in [5, 5.41) is 19.6. The summed E-state index contributed by atoms with van der Waals surface area (Å²) in [7, 11) is 1.55. The van der Waals surface area contributed by atoms with Crippen LogP contribution < -0.4 is 25.4 Å². The van der Waals surface area contributed by atoms with Gasteiger partial charge >= 0.3 is 12.1 Å². The Labute approximate surface area is 317 Å². The first-order valence-electron chi connectivity index (χ1n) is 18.4. The summed E-state index contributed by atoms with van der Waals surface area (Å²) in [6.45, 7) is 6.60. The van der Waals surface area contributed by atoms with Gasteiger partial charge in [0.25, 0.3) is 0 Å². The molecule has 4 unspecified atom stereocenters. The van der Waals surface area contributed by atoms with Crippen molar-refractivity contribution in [2.24, 2.45) is 5.92 Å². The number of hydrogen-bond donors (Lipinski definition) is 4. The molecular formula is C38H48N6O9S. The van der Waals surface area contributed by atoms with Crippen LogP contribution in [0.2, 0.25) is 0 Å². The van der Waals surface area contributed by atoms with Crippen molar-refractivity contribution in [2.45, 2.75) is 115 Å². The van der Waals surface area contributed by atoms with E-state index in [1.807, 2.05) is 6.07 Å². The van der Waals surface area contributed by atoms with E-state index in [4.69, 9.17) is 19.2 Å². The highest BCUT2D eigenvalue weighted by molar-refractivity contribution is 7.19.